The monoisotopic (exact) mass is 223 g/mol. The van der Waals surface area contributed by atoms with Gasteiger partial charge in [0.2, 0.25) is 0 Å². The fourth-order valence-corrected chi connectivity index (χ4v) is 1.78. The maximum Gasteiger partial charge on any atom is 0.0669 e. The summed E-state index contributed by atoms with van der Waals surface area (Å²) < 4.78 is 0. The summed E-state index contributed by atoms with van der Waals surface area (Å²) in [7, 11) is 0. The molecule has 0 aliphatic heterocycles. The molecule has 0 saturated heterocycles. The molecule has 2 rings (SSSR count). The Morgan fingerprint density at radius 3 is 2.47 bits per heavy atom. The summed E-state index contributed by atoms with van der Waals surface area (Å²) in [4.78, 5) is 0. The average molecular weight is 223 g/mol. The van der Waals surface area contributed by atoms with E-state index in [2.05, 4.69) is 6.07 Å². The van der Waals surface area contributed by atoms with E-state index in [9.17, 15) is 0 Å². The summed E-state index contributed by atoms with van der Waals surface area (Å²) in [5, 5.41) is 8.80. The van der Waals surface area contributed by atoms with E-state index >= 15 is 0 Å². The Morgan fingerprint density at radius 2 is 1.76 bits per heavy atom. The third-order valence-corrected chi connectivity index (χ3v) is 2.68. The minimum Gasteiger partial charge on any atom is -0.397 e. The van der Waals surface area contributed by atoms with Gasteiger partial charge in [0.1, 0.15) is 0 Å². The maximum absolute atomic E-state index is 8.80. The molecule has 4 N–H and O–H groups in total. The lowest BCUT2D eigenvalue weighted by Crippen LogP contribution is -1.95. The summed E-state index contributed by atoms with van der Waals surface area (Å²) in [5.74, 6) is 0. The van der Waals surface area contributed by atoms with Crippen molar-refractivity contribution in [1.29, 1.82) is 5.26 Å². The molecule has 0 atom stereocenters. The van der Waals surface area contributed by atoms with Crippen LogP contribution in [0, 0.1) is 11.3 Å². The number of nitrogens with zero attached hydrogens (tertiary/aromatic N) is 1. The number of anilines is 2. The molecule has 2 aromatic rings. The van der Waals surface area contributed by atoms with E-state index in [0.717, 1.165) is 16.7 Å². The number of nitrogens with two attached hydrogens (primary N) is 2. The summed E-state index contributed by atoms with van der Waals surface area (Å²) in [6, 6.07) is 15.5. The van der Waals surface area contributed by atoms with Crippen LogP contribution in [0.15, 0.2) is 42.5 Å². The van der Waals surface area contributed by atoms with E-state index in [1.54, 1.807) is 6.07 Å². The lowest BCUT2D eigenvalue weighted by atomic mass is 9.97. The molecule has 0 bridgehead atoms. The zero-order valence-electron chi connectivity index (χ0n) is 9.35. The molecule has 0 amide bonds. The largest absolute Gasteiger partial charge is 0.397 e. The van der Waals surface area contributed by atoms with Crippen LogP contribution in [0.3, 0.4) is 0 Å². The molecule has 2 aromatic carbocycles. The maximum atomic E-state index is 8.80. The van der Waals surface area contributed by atoms with E-state index in [1.165, 1.54) is 0 Å². The Balaban J connectivity index is 2.53. The van der Waals surface area contributed by atoms with Crippen LogP contribution in [0.4, 0.5) is 11.4 Å². The van der Waals surface area contributed by atoms with Crippen LogP contribution in [-0.2, 0) is 6.42 Å². The third-order valence-electron chi connectivity index (χ3n) is 2.68. The molecule has 3 heteroatoms. The first-order valence-corrected chi connectivity index (χ1v) is 5.32. The van der Waals surface area contributed by atoms with Crippen molar-refractivity contribution in [2.75, 3.05) is 11.5 Å². The molecule has 0 unspecified atom stereocenters. The number of hydrogen-bond acceptors (Lipinski definition) is 3. The highest BCUT2D eigenvalue weighted by atomic mass is 14.7. The molecule has 0 fully saturated rings. The molecule has 0 aromatic heterocycles. The molecule has 0 aliphatic rings. The van der Waals surface area contributed by atoms with Crippen molar-refractivity contribution < 1.29 is 0 Å². The van der Waals surface area contributed by atoms with Crippen molar-refractivity contribution in [1.82, 2.24) is 0 Å². The number of rotatable bonds is 2. The van der Waals surface area contributed by atoms with Gasteiger partial charge in [0, 0.05) is 0 Å². The molecular formula is C14H13N3. The first-order valence-electron chi connectivity index (χ1n) is 5.32. The fraction of sp³-hybridized carbons (Fsp3) is 0.0714. The van der Waals surface area contributed by atoms with Gasteiger partial charge in [-0.15, -0.1) is 0 Å². The van der Waals surface area contributed by atoms with Crippen LogP contribution in [0.1, 0.15) is 5.56 Å². The topological polar surface area (TPSA) is 75.8 Å². The van der Waals surface area contributed by atoms with E-state index < -0.39 is 0 Å². The van der Waals surface area contributed by atoms with Crippen molar-refractivity contribution in [3.63, 3.8) is 0 Å². The van der Waals surface area contributed by atoms with E-state index in [0.29, 0.717) is 17.8 Å². The highest BCUT2D eigenvalue weighted by molar-refractivity contribution is 5.76. The summed E-state index contributed by atoms with van der Waals surface area (Å²) in [6.07, 6.45) is 0.389. The molecule has 0 aliphatic carbocycles. The predicted molar refractivity (Wildman–Crippen MR) is 70.0 cm³/mol. The molecule has 3 nitrogen and oxygen atoms in total. The number of hydrogen-bond donors (Lipinski definition) is 2. The van der Waals surface area contributed by atoms with Gasteiger partial charge in [0.05, 0.1) is 23.9 Å². The van der Waals surface area contributed by atoms with Gasteiger partial charge in [-0.05, 0) is 28.8 Å². The number of nitriles is 1. The standard InChI is InChI=1S/C14H13N3/c15-8-7-10-3-1-2-4-12(10)11-5-6-13(16)14(17)9-11/h1-6,9H,7,16-17H2. The Labute approximate surface area is 100 Å². The van der Waals surface area contributed by atoms with Gasteiger partial charge < -0.3 is 11.5 Å². The van der Waals surface area contributed by atoms with Crippen LogP contribution in [0.2, 0.25) is 0 Å². The van der Waals surface area contributed by atoms with Gasteiger partial charge in [-0.25, -0.2) is 0 Å². The highest BCUT2D eigenvalue weighted by Gasteiger charge is 2.05. The number of benzene rings is 2. The summed E-state index contributed by atoms with van der Waals surface area (Å²) >= 11 is 0. The normalized spacial score (nSPS) is 9.82. The molecule has 0 heterocycles. The second kappa shape index (κ2) is 4.58. The van der Waals surface area contributed by atoms with Gasteiger partial charge in [0.25, 0.3) is 0 Å². The zero-order valence-corrected chi connectivity index (χ0v) is 9.35. The lowest BCUT2D eigenvalue weighted by molar-refractivity contribution is 1.26. The van der Waals surface area contributed by atoms with Gasteiger partial charge in [0.15, 0.2) is 0 Å². The predicted octanol–water partition coefficient (Wildman–Crippen LogP) is 2.58. The van der Waals surface area contributed by atoms with E-state index in [-0.39, 0.29) is 0 Å². The van der Waals surface area contributed by atoms with Crippen LogP contribution < -0.4 is 11.5 Å². The second-order valence-electron chi connectivity index (χ2n) is 3.84. The Hall–Kier alpha value is -2.47. The van der Waals surface area contributed by atoms with Gasteiger partial charge in [-0.2, -0.15) is 5.26 Å². The Kier molecular flexibility index (Phi) is 2.97. The molecule has 17 heavy (non-hydrogen) atoms. The lowest BCUT2D eigenvalue weighted by Gasteiger charge is -2.08. The van der Waals surface area contributed by atoms with E-state index in [1.807, 2.05) is 36.4 Å². The molecule has 84 valence electrons. The van der Waals surface area contributed by atoms with Crippen molar-refractivity contribution in [3.05, 3.63) is 48.0 Å². The fourth-order valence-electron chi connectivity index (χ4n) is 1.78. The second-order valence-corrected chi connectivity index (χ2v) is 3.84. The van der Waals surface area contributed by atoms with Crippen LogP contribution in [0.25, 0.3) is 11.1 Å². The minimum atomic E-state index is 0.389. The van der Waals surface area contributed by atoms with Crippen molar-refractivity contribution in [2.45, 2.75) is 6.42 Å². The van der Waals surface area contributed by atoms with Crippen molar-refractivity contribution >= 4 is 11.4 Å². The SMILES string of the molecule is N#CCc1ccccc1-c1ccc(N)c(N)c1. The molecule has 0 spiro atoms. The van der Waals surface area contributed by atoms with Crippen molar-refractivity contribution in [3.8, 4) is 17.2 Å². The molecular weight excluding hydrogens is 210 g/mol. The zero-order chi connectivity index (χ0) is 12.3. The summed E-state index contributed by atoms with van der Waals surface area (Å²) in [5.41, 5.74) is 15.6. The van der Waals surface area contributed by atoms with Gasteiger partial charge >= 0.3 is 0 Å². The van der Waals surface area contributed by atoms with Crippen LogP contribution >= 0.6 is 0 Å². The van der Waals surface area contributed by atoms with Gasteiger partial charge in [-0.3, -0.25) is 0 Å². The van der Waals surface area contributed by atoms with Gasteiger partial charge in [-0.1, -0.05) is 30.3 Å². The summed E-state index contributed by atoms with van der Waals surface area (Å²) in [6.45, 7) is 0. The quantitative estimate of drug-likeness (QED) is 0.768. The average Bonchev–Trinajstić information content (AvgIpc) is 2.34. The highest BCUT2D eigenvalue weighted by Crippen LogP contribution is 2.28. The smallest absolute Gasteiger partial charge is 0.0669 e. The van der Waals surface area contributed by atoms with Crippen LogP contribution in [-0.4, -0.2) is 0 Å². The number of nitrogen functional groups attached to an aromatic ring is 2. The minimum absolute atomic E-state index is 0.389. The first-order chi connectivity index (χ1) is 8.22. The molecule has 0 saturated carbocycles. The Morgan fingerprint density at radius 1 is 1.00 bits per heavy atom. The first kappa shape index (κ1) is 11.0. The molecule has 0 radical (unpaired) electrons. The third kappa shape index (κ3) is 2.21. The van der Waals surface area contributed by atoms with E-state index in [4.69, 9.17) is 16.7 Å². The Bertz CT molecular complexity index is 582. The van der Waals surface area contributed by atoms with Crippen LogP contribution in [0.5, 0.6) is 0 Å². The van der Waals surface area contributed by atoms with Crippen molar-refractivity contribution in [2.24, 2.45) is 0 Å².